The second-order valence-electron chi connectivity index (χ2n) is 5.91. The fraction of sp³-hybridized carbons (Fsp3) is 1.00. The van der Waals surface area contributed by atoms with E-state index in [4.69, 9.17) is 5.73 Å². The molecule has 2 aliphatic rings. The number of alkyl halides is 1. The van der Waals surface area contributed by atoms with E-state index in [1.165, 1.54) is 0 Å². The van der Waals surface area contributed by atoms with Crippen molar-refractivity contribution in [2.75, 3.05) is 39.3 Å². The summed E-state index contributed by atoms with van der Waals surface area (Å²) in [6, 6.07) is 0. The van der Waals surface area contributed by atoms with Crippen molar-refractivity contribution in [3.05, 3.63) is 0 Å². The van der Waals surface area contributed by atoms with E-state index in [1.807, 2.05) is 0 Å². The molecular formula is C13H26FN3. The molecule has 0 unspecified atom stereocenters. The van der Waals surface area contributed by atoms with Gasteiger partial charge in [-0.05, 0) is 50.7 Å². The Kier molecular flexibility index (Phi) is 4.06. The van der Waals surface area contributed by atoms with Gasteiger partial charge in [0.2, 0.25) is 0 Å². The van der Waals surface area contributed by atoms with Crippen molar-refractivity contribution in [1.82, 2.24) is 10.2 Å². The van der Waals surface area contributed by atoms with Crippen molar-refractivity contribution in [2.45, 2.75) is 38.3 Å². The normalized spacial score (nSPS) is 26.1. The Balaban J connectivity index is 1.82. The molecule has 0 aromatic carbocycles. The number of nitrogens with one attached hydrogen (secondary N) is 1. The van der Waals surface area contributed by atoms with Crippen LogP contribution < -0.4 is 11.1 Å². The second kappa shape index (κ2) is 5.21. The summed E-state index contributed by atoms with van der Waals surface area (Å²) in [5, 5.41) is 3.36. The Hall–Kier alpha value is -0.190. The minimum atomic E-state index is -0.942. The van der Waals surface area contributed by atoms with E-state index in [2.05, 4.69) is 17.1 Å². The van der Waals surface area contributed by atoms with Crippen LogP contribution in [-0.4, -0.2) is 49.8 Å². The quantitative estimate of drug-likeness (QED) is 0.761. The van der Waals surface area contributed by atoms with Crippen LogP contribution in [0.15, 0.2) is 0 Å². The lowest BCUT2D eigenvalue weighted by atomic mass is 9.56. The number of likely N-dealkylation sites (N-methyl/N-ethyl adjacent to an activating group) is 1. The van der Waals surface area contributed by atoms with Crippen molar-refractivity contribution in [1.29, 1.82) is 0 Å². The molecule has 0 amide bonds. The van der Waals surface area contributed by atoms with Gasteiger partial charge < -0.3 is 11.1 Å². The summed E-state index contributed by atoms with van der Waals surface area (Å²) in [4.78, 5) is 2.15. The molecule has 4 heteroatoms. The van der Waals surface area contributed by atoms with Gasteiger partial charge in [-0.1, -0.05) is 6.92 Å². The molecule has 100 valence electrons. The van der Waals surface area contributed by atoms with Gasteiger partial charge in [0.25, 0.3) is 0 Å². The molecule has 3 nitrogen and oxygen atoms in total. The van der Waals surface area contributed by atoms with Crippen molar-refractivity contribution in [3.8, 4) is 0 Å². The number of nitrogens with two attached hydrogens (primary N) is 1. The number of nitrogens with zero attached hydrogens (tertiary/aromatic N) is 1. The molecule has 2 rings (SSSR count). The molecule has 1 heterocycles. The van der Waals surface area contributed by atoms with Gasteiger partial charge in [-0.15, -0.1) is 0 Å². The number of piperidine rings is 1. The lowest BCUT2D eigenvalue weighted by Gasteiger charge is -2.55. The van der Waals surface area contributed by atoms with Crippen molar-refractivity contribution >= 4 is 0 Å². The predicted molar refractivity (Wildman–Crippen MR) is 68.8 cm³/mol. The Morgan fingerprint density at radius 1 is 1.29 bits per heavy atom. The van der Waals surface area contributed by atoms with E-state index in [1.54, 1.807) is 0 Å². The van der Waals surface area contributed by atoms with E-state index >= 15 is 0 Å². The van der Waals surface area contributed by atoms with Gasteiger partial charge in [-0.2, -0.15) is 0 Å². The van der Waals surface area contributed by atoms with Gasteiger partial charge in [0.05, 0.1) is 0 Å². The van der Waals surface area contributed by atoms with Crippen LogP contribution in [-0.2, 0) is 0 Å². The Morgan fingerprint density at radius 2 is 1.94 bits per heavy atom. The van der Waals surface area contributed by atoms with Crippen LogP contribution in [0.3, 0.4) is 0 Å². The topological polar surface area (TPSA) is 41.3 Å². The SMILES string of the molecule is CCN(CCN)CC1(F)CC2(CCNCC2)C1. The fourth-order valence-corrected chi connectivity index (χ4v) is 3.65. The zero-order chi connectivity index (χ0) is 12.4. The minimum Gasteiger partial charge on any atom is -0.329 e. The molecule has 1 spiro atoms. The average Bonchev–Trinajstić information content (AvgIpc) is 2.27. The van der Waals surface area contributed by atoms with E-state index in [9.17, 15) is 4.39 Å². The predicted octanol–water partition coefficient (Wildman–Crippen LogP) is 1.14. The highest BCUT2D eigenvalue weighted by molar-refractivity contribution is 5.07. The smallest absolute Gasteiger partial charge is 0.124 e. The molecule has 17 heavy (non-hydrogen) atoms. The van der Waals surface area contributed by atoms with Gasteiger partial charge >= 0.3 is 0 Å². The lowest BCUT2D eigenvalue weighted by molar-refractivity contribution is -0.0988. The Labute approximate surface area is 104 Å². The van der Waals surface area contributed by atoms with Crippen LogP contribution in [0.4, 0.5) is 4.39 Å². The maximum absolute atomic E-state index is 14.6. The first-order valence-electron chi connectivity index (χ1n) is 6.94. The molecule has 1 aliphatic carbocycles. The molecule has 1 saturated carbocycles. The average molecular weight is 243 g/mol. The summed E-state index contributed by atoms with van der Waals surface area (Å²) in [7, 11) is 0. The summed E-state index contributed by atoms with van der Waals surface area (Å²) < 4.78 is 14.6. The molecule has 0 atom stereocenters. The monoisotopic (exact) mass is 243 g/mol. The molecule has 1 saturated heterocycles. The van der Waals surface area contributed by atoms with Crippen LogP contribution in [0.1, 0.15) is 32.6 Å². The van der Waals surface area contributed by atoms with Gasteiger partial charge in [0, 0.05) is 19.6 Å². The highest BCUT2D eigenvalue weighted by Gasteiger charge is 2.55. The first kappa shape index (κ1) is 13.2. The Morgan fingerprint density at radius 3 is 2.47 bits per heavy atom. The molecule has 0 radical (unpaired) electrons. The molecular weight excluding hydrogens is 217 g/mol. The van der Waals surface area contributed by atoms with Crippen LogP contribution in [0.25, 0.3) is 0 Å². The van der Waals surface area contributed by atoms with Crippen molar-refractivity contribution < 1.29 is 4.39 Å². The maximum atomic E-state index is 14.6. The van der Waals surface area contributed by atoms with Gasteiger partial charge in [-0.3, -0.25) is 4.90 Å². The lowest BCUT2D eigenvalue weighted by Crippen LogP contribution is -2.58. The summed E-state index contributed by atoms with van der Waals surface area (Å²) in [6.07, 6.45) is 3.84. The first-order valence-corrected chi connectivity index (χ1v) is 6.94. The molecule has 0 aromatic heterocycles. The molecule has 2 fully saturated rings. The molecule has 0 aromatic rings. The fourth-order valence-electron chi connectivity index (χ4n) is 3.65. The third-order valence-electron chi connectivity index (χ3n) is 4.45. The van der Waals surface area contributed by atoms with Gasteiger partial charge in [-0.25, -0.2) is 4.39 Å². The van der Waals surface area contributed by atoms with E-state index in [0.717, 1.165) is 51.9 Å². The van der Waals surface area contributed by atoms with Crippen LogP contribution in [0.5, 0.6) is 0 Å². The third kappa shape index (κ3) is 2.98. The third-order valence-corrected chi connectivity index (χ3v) is 4.45. The molecule has 3 N–H and O–H groups in total. The number of halogens is 1. The second-order valence-corrected chi connectivity index (χ2v) is 5.91. The summed E-state index contributed by atoms with van der Waals surface area (Å²) in [5.41, 5.74) is 4.93. The zero-order valence-electron chi connectivity index (χ0n) is 11.0. The highest BCUT2D eigenvalue weighted by Crippen LogP contribution is 2.56. The summed E-state index contributed by atoms with van der Waals surface area (Å²) in [6.45, 7) is 7.13. The van der Waals surface area contributed by atoms with E-state index in [-0.39, 0.29) is 0 Å². The highest BCUT2D eigenvalue weighted by atomic mass is 19.1. The molecule has 1 aliphatic heterocycles. The molecule has 0 bridgehead atoms. The first-order chi connectivity index (χ1) is 8.11. The summed E-state index contributed by atoms with van der Waals surface area (Å²) in [5.74, 6) is 0. The standard InChI is InChI=1S/C13H26FN3/c1-2-17(8-5-15)11-13(14)9-12(10-13)3-6-16-7-4-12/h16H,2-11,15H2,1H3. The van der Waals surface area contributed by atoms with E-state index in [0.29, 0.717) is 18.5 Å². The number of hydrogen-bond acceptors (Lipinski definition) is 3. The number of hydrogen-bond donors (Lipinski definition) is 2. The Bertz CT molecular complexity index is 238. The number of rotatable bonds is 5. The van der Waals surface area contributed by atoms with Crippen LogP contribution >= 0.6 is 0 Å². The summed E-state index contributed by atoms with van der Waals surface area (Å²) >= 11 is 0. The van der Waals surface area contributed by atoms with Gasteiger partial charge in [0.15, 0.2) is 0 Å². The largest absolute Gasteiger partial charge is 0.329 e. The minimum absolute atomic E-state index is 0.322. The van der Waals surface area contributed by atoms with Crippen molar-refractivity contribution in [2.24, 2.45) is 11.1 Å². The van der Waals surface area contributed by atoms with Crippen LogP contribution in [0, 0.1) is 5.41 Å². The van der Waals surface area contributed by atoms with Crippen LogP contribution in [0.2, 0.25) is 0 Å². The zero-order valence-corrected chi connectivity index (χ0v) is 11.0. The van der Waals surface area contributed by atoms with Gasteiger partial charge in [0.1, 0.15) is 5.67 Å². The van der Waals surface area contributed by atoms with Crippen molar-refractivity contribution in [3.63, 3.8) is 0 Å². The maximum Gasteiger partial charge on any atom is 0.124 e. The van der Waals surface area contributed by atoms with E-state index < -0.39 is 5.67 Å².